The van der Waals surface area contributed by atoms with Crippen molar-refractivity contribution in [1.29, 1.82) is 0 Å². The molecular formula is C30H25NOS. The number of benzene rings is 3. The van der Waals surface area contributed by atoms with Crippen LogP contribution >= 0.6 is 11.3 Å². The zero-order valence-electron chi connectivity index (χ0n) is 20.2. The lowest BCUT2D eigenvalue weighted by atomic mass is 9.88. The molecule has 0 aliphatic carbocycles. The Hall–Kier alpha value is -3.43. The number of nitrogens with zero attached hydrogens (tertiary/aromatic N) is 1. The molecule has 162 valence electrons. The van der Waals surface area contributed by atoms with Crippen LogP contribution in [0.5, 0.6) is 0 Å². The molecule has 33 heavy (non-hydrogen) atoms. The van der Waals surface area contributed by atoms with Crippen LogP contribution in [-0.4, -0.2) is 4.98 Å². The molecule has 3 heteroatoms. The zero-order chi connectivity index (χ0) is 23.6. The van der Waals surface area contributed by atoms with Crippen LogP contribution in [0.25, 0.3) is 54.4 Å². The van der Waals surface area contributed by atoms with Crippen molar-refractivity contribution < 1.29 is 5.79 Å². The topological polar surface area (TPSA) is 26.0 Å². The number of rotatable bonds is 3. The SMILES string of the molecule is [2H]C(C)(C)c1cnc(-c2cccc3c2oc2c3ccc3ccsc32)cc1-c1c(C)cccc1C. The second-order valence-corrected chi connectivity index (χ2v) is 9.86. The van der Waals surface area contributed by atoms with Gasteiger partial charge < -0.3 is 4.42 Å². The van der Waals surface area contributed by atoms with Gasteiger partial charge in [0.25, 0.3) is 0 Å². The molecule has 0 unspecified atom stereocenters. The maximum Gasteiger partial charge on any atom is 0.153 e. The van der Waals surface area contributed by atoms with E-state index in [2.05, 4.69) is 79.9 Å². The number of thiophene rings is 1. The first-order valence-electron chi connectivity index (χ1n) is 11.7. The van der Waals surface area contributed by atoms with E-state index in [-0.39, 0.29) is 0 Å². The van der Waals surface area contributed by atoms with Crippen molar-refractivity contribution >= 4 is 43.4 Å². The molecule has 0 aliphatic heterocycles. The highest BCUT2D eigenvalue weighted by Crippen LogP contribution is 2.41. The van der Waals surface area contributed by atoms with Gasteiger partial charge >= 0.3 is 0 Å². The van der Waals surface area contributed by atoms with E-state index in [4.69, 9.17) is 10.8 Å². The third-order valence-electron chi connectivity index (χ3n) is 6.55. The first-order chi connectivity index (χ1) is 16.3. The summed E-state index contributed by atoms with van der Waals surface area (Å²) in [5.41, 5.74) is 9.19. The van der Waals surface area contributed by atoms with Crippen molar-refractivity contribution in [3.8, 4) is 22.4 Å². The Labute approximate surface area is 198 Å². The third-order valence-corrected chi connectivity index (χ3v) is 7.48. The minimum absolute atomic E-state index is 0.772. The highest BCUT2D eigenvalue weighted by molar-refractivity contribution is 7.18. The fourth-order valence-corrected chi connectivity index (χ4v) is 5.81. The van der Waals surface area contributed by atoms with E-state index in [0.29, 0.717) is 0 Å². The van der Waals surface area contributed by atoms with Crippen molar-refractivity contribution in [3.63, 3.8) is 0 Å². The summed E-state index contributed by atoms with van der Waals surface area (Å²) in [6.07, 6.45) is 1.88. The van der Waals surface area contributed by atoms with Gasteiger partial charge in [0.15, 0.2) is 5.58 Å². The average molecular weight is 449 g/mol. The summed E-state index contributed by atoms with van der Waals surface area (Å²) in [5.74, 6) is -0.772. The molecule has 0 fully saturated rings. The molecule has 2 nitrogen and oxygen atoms in total. The van der Waals surface area contributed by atoms with E-state index in [1.165, 1.54) is 26.8 Å². The van der Waals surface area contributed by atoms with E-state index in [0.717, 1.165) is 44.3 Å². The number of aryl methyl sites for hydroxylation is 2. The fraction of sp³-hybridized carbons (Fsp3) is 0.167. The Balaban J connectivity index is 1.65. The molecule has 6 rings (SSSR count). The molecular weight excluding hydrogens is 422 g/mol. The monoisotopic (exact) mass is 448 g/mol. The Morgan fingerprint density at radius 2 is 1.64 bits per heavy atom. The summed E-state index contributed by atoms with van der Waals surface area (Å²) in [5, 5.41) is 5.54. The van der Waals surface area contributed by atoms with Crippen LogP contribution in [-0.2, 0) is 0 Å². The molecule has 0 saturated heterocycles. The molecule has 0 aliphatic rings. The number of furan rings is 1. The maximum absolute atomic E-state index is 8.79. The van der Waals surface area contributed by atoms with Gasteiger partial charge in [-0.15, -0.1) is 11.3 Å². The molecule has 6 aromatic rings. The van der Waals surface area contributed by atoms with Crippen molar-refractivity contribution in [3.05, 3.63) is 88.9 Å². The van der Waals surface area contributed by atoms with Crippen molar-refractivity contribution in [2.24, 2.45) is 0 Å². The Morgan fingerprint density at radius 3 is 2.42 bits per heavy atom. The van der Waals surface area contributed by atoms with Crippen LogP contribution < -0.4 is 0 Å². The van der Waals surface area contributed by atoms with Gasteiger partial charge in [-0.3, -0.25) is 4.98 Å². The predicted octanol–water partition coefficient (Wildman–Crippen LogP) is 9.27. The summed E-state index contributed by atoms with van der Waals surface area (Å²) < 4.78 is 16.5. The molecule has 3 aromatic heterocycles. The highest BCUT2D eigenvalue weighted by Gasteiger charge is 2.19. The van der Waals surface area contributed by atoms with E-state index in [9.17, 15) is 0 Å². The maximum atomic E-state index is 8.79. The smallest absolute Gasteiger partial charge is 0.153 e. The molecule has 0 amide bonds. The average Bonchev–Trinajstić information content (AvgIpc) is 3.42. The minimum atomic E-state index is -0.772. The first kappa shape index (κ1) is 19.1. The predicted molar refractivity (Wildman–Crippen MR) is 141 cm³/mol. The minimum Gasteiger partial charge on any atom is -0.454 e. The summed E-state index contributed by atoms with van der Waals surface area (Å²) in [4.78, 5) is 4.86. The second kappa shape index (κ2) is 7.57. The number of para-hydroxylation sites is 1. The quantitative estimate of drug-likeness (QED) is 0.269. The molecule has 0 atom stereocenters. The van der Waals surface area contributed by atoms with Crippen LogP contribution in [0.15, 0.2) is 76.7 Å². The number of aromatic nitrogens is 1. The third kappa shape index (κ3) is 3.11. The molecule has 0 bridgehead atoms. The van der Waals surface area contributed by atoms with E-state index >= 15 is 0 Å². The summed E-state index contributed by atoms with van der Waals surface area (Å²) >= 11 is 1.71. The van der Waals surface area contributed by atoms with Gasteiger partial charge in [-0.05, 0) is 82.6 Å². The van der Waals surface area contributed by atoms with Gasteiger partial charge in [-0.25, -0.2) is 0 Å². The summed E-state index contributed by atoms with van der Waals surface area (Å²) in [6, 6.07) is 21.2. The summed E-state index contributed by atoms with van der Waals surface area (Å²) in [6.45, 7) is 8.12. The Morgan fingerprint density at radius 1 is 0.879 bits per heavy atom. The molecule has 0 N–H and O–H groups in total. The largest absolute Gasteiger partial charge is 0.454 e. The van der Waals surface area contributed by atoms with Gasteiger partial charge in [0, 0.05) is 23.9 Å². The van der Waals surface area contributed by atoms with E-state index in [1.54, 1.807) is 11.3 Å². The van der Waals surface area contributed by atoms with Gasteiger partial charge in [0.2, 0.25) is 0 Å². The number of hydrogen-bond donors (Lipinski definition) is 0. The molecule has 0 spiro atoms. The lowest BCUT2D eigenvalue weighted by molar-refractivity contribution is 0.674. The van der Waals surface area contributed by atoms with Crippen molar-refractivity contribution in [1.82, 2.24) is 4.98 Å². The fourth-order valence-electron chi connectivity index (χ4n) is 4.93. The lowest BCUT2D eigenvalue weighted by Gasteiger charge is -2.18. The molecule has 0 radical (unpaired) electrons. The van der Waals surface area contributed by atoms with Crippen molar-refractivity contribution in [2.75, 3.05) is 0 Å². The van der Waals surface area contributed by atoms with Crippen LogP contribution in [0.2, 0.25) is 0 Å². The van der Waals surface area contributed by atoms with Crippen molar-refractivity contribution in [2.45, 2.75) is 33.6 Å². The molecule has 3 heterocycles. The van der Waals surface area contributed by atoms with Gasteiger partial charge in [-0.1, -0.05) is 50.2 Å². The van der Waals surface area contributed by atoms with Crippen LogP contribution in [0.4, 0.5) is 0 Å². The number of pyridine rings is 1. The number of hydrogen-bond acceptors (Lipinski definition) is 3. The normalized spacial score (nSPS) is 12.7. The van der Waals surface area contributed by atoms with Gasteiger partial charge in [0.1, 0.15) is 5.58 Å². The lowest BCUT2D eigenvalue weighted by Crippen LogP contribution is -1.99. The van der Waals surface area contributed by atoms with Crippen LogP contribution in [0.3, 0.4) is 0 Å². The van der Waals surface area contributed by atoms with Gasteiger partial charge in [0.05, 0.1) is 10.4 Å². The van der Waals surface area contributed by atoms with Crippen LogP contribution in [0.1, 0.15) is 37.8 Å². The van der Waals surface area contributed by atoms with Gasteiger partial charge in [-0.2, -0.15) is 0 Å². The zero-order valence-corrected chi connectivity index (χ0v) is 20.0. The first-order valence-corrected chi connectivity index (χ1v) is 12.1. The Bertz CT molecular complexity index is 1700. The standard InChI is InChI=1S/C30H25NOS/c1-17(2)25-16-31-26(15-24(25)27-18(3)7-5-8-19(27)4)23-10-6-9-21-22-12-11-20-13-14-33-30(20)29(22)32-28(21)23/h5-17H,1-4H3/i17D. The highest BCUT2D eigenvalue weighted by atomic mass is 32.1. The number of fused-ring (bicyclic) bond motifs is 5. The summed E-state index contributed by atoms with van der Waals surface area (Å²) in [7, 11) is 0. The van der Waals surface area contributed by atoms with E-state index < -0.39 is 5.89 Å². The molecule has 3 aromatic carbocycles. The second-order valence-electron chi connectivity index (χ2n) is 8.95. The Kier molecular flexibility index (Phi) is 4.37. The molecule has 0 saturated carbocycles. The van der Waals surface area contributed by atoms with E-state index in [1.807, 2.05) is 20.0 Å². The van der Waals surface area contributed by atoms with Crippen LogP contribution in [0, 0.1) is 13.8 Å².